The summed E-state index contributed by atoms with van der Waals surface area (Å²) in [5.41, 5.74) is 19.3. The van der Waals surface area contributed by atoms with Gasteiger partial charge in [0.05, 0.1) is 28.1 Å². The van der Waals surface area contributed by atoms with Crippen LogP contribution in [0.1, 0.15) is 5.56 Å². The first-order chi connectivity index (χ1) is 7.13. The van der Waals surface area contributed by atoms with E-state index in [9.17, 15) is 0 Å². The van der Waals surface area contributed by atoms with Crippen LogP contribution in [0.15, 0.2) is 18.3 Å². The Morgan fingerprint density at radius 2 is 1.80 bits per heavy atom. The van der Waals surface area contributed by atoms with Crippen LogP contribution in [0.2, 0.25) is 0 Å². The number of pyridine rings is 1. The van der Waals surface area contributed by atoms with Crippen molar-refractivity contribution in [3.8, 4) is 6.07 Å². The van der Waals surface area contributed by atoms with Crippen LogP contribution in [0, 0.1) is 11.3 Å². The number of hydrogen-bond acceptors (Lipinski definition) is 5. The van der Waals surface area contributed by atoms with Crippen LogP contribution in [0.5, 0.6) is 0 Å². The smallest absolute Gasteiger partial charge is 0.103 e. The standard InChI is InChI=1S/C10H9N5/c11-3-5-4-15-9-2-8(13)7(12)1-6(9)10(5)14/h1-2,4H,12-13H2,(H2,14,15). The van der Waals surface area contributed by atoms with Crippen molar-refractivity contribution in [2.75, 3.05) is 17.2 Å². The summed E-state index contributed by atoms with van der Waals surface area (Å²) in [5.74, 6) is 0. The van der Waals surface area contributed by atoms with Crippen LogP contribution >= 0.6 is 0 Å². The summed E-state index contributed by atoms with van der Waals surface area (Å²) in [5, 5.41) is 9.43. The summed E-state index contributed by atoms with van der Waals surface area (Å²) in [7, 11) is 0. The zero-order valence-electron chi connectivity index (χ0n) is 7.86. The average molecular weight is 199 g/mol. The predicted octanol–water partition coefficient (Wildman–Crippen LogP) is 0.853. The van der Waals surface area contributed by atoms with E-state index in [4.69, 9.17) is 22.5 Å². The van der Waals surface area contributed by atoms with Gasteiger partial charge in [-0.15, -0.1) is 0 Å². The maximum Gasteiger partial charge on any atom is 0.103 e. The molecule has 15 heavy (non-hydrogen) atoms. The Morgan fingerprint density at radius 1 is 1.13 bits per heavy atom. The molecule has 6 N–H and O–H groups in total. The van der Waals surface area contributed by atoms with Crippen molar-refractivity contribution >= 4 is 28.0 Å². The highest BCUT2D eigenvalue weighted by Crippen LogP contribution is 2.28. The van der Waals surface area contributed by atoms with Crippen LogP contribution in [0.25, 0.3) is 10.9 Å². The molecule has 0 bridgehead atoms. The third kappa shape index (κ3) is 1.28. The zero-order valence-corrected chi connectivity index (χ0v) is 7.86. The Bertz CT molecular complexity index is 582. The van der Waals surface area contributed by atoms with Gasteiger partial charge in [-0.05, 0) is 12.1 Å². The number of nitrogen functional groups attached to an aromatic ring is 3. The molecular weight excluding hydrogens is 190 g/mol. The molecule has 5 nitrogen and oxygen atoms in total. The Morgan fingerprint density at radius 3 is 2.47 bits per heavy atom. The monoisotopic (exact) mass is 199 g/mol. The first kappa shape index (κ1) is 9.09. The lowest BCUT2D eigenvalue weighted by atomic mass is 10.1. The summed E-state index contributed by atoms with van der Waals surface area (Å²) in [4.78, 5) is 4.08. The minimum absolute atomic E-state index is 0.340. The Hall–Kier alpha value is -2.48. The van der Waals surface area contributed by atoms with Gasteiger partial charge in [-0.3, -0.25) is 4.98 Å². The van der Waals surface area contributed by atoms with E-state index in [1.54, 1.807) is 12.1 Å². The lowest BCUT2D eigenvalue weighted by Gasteiger charge is -2.06. The number of fused-ring (bicyclic) bond motifs is 1. The molecule has 0 radical (unpaired) electrons. The molecule has 1 aromatic carbocycles. The van der Waals surface area contributed by atoms with E-state index in [0.717, 1.165) is 0 Å². The van der Waals surface area contributed by atoms with Gasteiger partial charge in [0.2, 0.25) is 0 Å². The Labute approximate surface area is 86.1 Å². The molecular formula is C10H9N5. The molecule has 2 aromatic rings. The second-order valence-corrected chi connectivity index (χ2v) is 3.20. The number of nitrogens with zero attached hydrogens (tertiary/aromatic N) is 2. The number of nitrogens with two attached hydrogens (primary N) is 3. The van der Waals surface area contributed by atoms with E-state index in [-0.39, 0.29) is 0 Å². The van der Waals surface area contributed by atoms with Gasteiger partial charge in [-0.2, -0.15) is 5.26 Å². The fraction of sp³-hybridized carbons (Fsp3) is 0. The number of rotatable bonds is 0. The molecule has 0 aliphatic carbocycles. The third-order valence-electron chi connectivity index (χ3n) is 2.23. The SMILES string of the molecule is N#Cc1cnc2cc(N)c(N)cc2c1N. The van der Waals surface area contributed by atoms with Crippen molar-refractivity contribution in [1.82, 2.24) is 4.98 Å². The molecule has 0 saturated heterocycles. The number of nitriles is 1. The zero-order chi connectivity index (χ0) is 11.0. The summed E-state index contributed by atoms with van der Waals surface area (Å²) < 4.78 is 0. The van der Waals surface area contributed by atoms with Crippen molar-refractivity contribution in [3.05, 3.63) is 23.9 Å². The van der Waals surface area contributed by atoms with E-state index in [2.05, 4.69) is 4.98 Å². The van der Waals surface area contributed by atoms with Gasteiger partial charge < -0.3 is 17.2 Å². The highest BCUT2D eigenvalue weighted by atomic mass is 14.7. The predicted molar refractivity (Wildman–Crippen MR) is 59.7 cm³/mol. The Balaban J connectivity index is 2.89. The van der Waals surface area contributed by atoms with E-state index in [0.29, 0.717) is 33.5 Å². The molecule has 0 atom stereocenters. The molecule has 0 aliphatic heterocycles. The average Bonchev–Trinajstić information content (AvgIpc) is 2.22. The van der Waals surface area contributed by atoms with Crippen molar-refractivity contribution in [3.63, 3.8) is 0 Å². The van der Waals surface area contributed by atoms with Crippen molar-refractivity contribution < 1.29 is 0 Å². The van der Waals surface area contributed by atoms with Crippen LogP contribution < -0.4 is 17.2 Å². The summed E-state index contributed by atoms with van der Waals surface area (Å²) in [6, 6.07) is 5.24. The summed E-state index contributed by atoms with van der Waals surface area (Å²) in [6.45, 7) is 0. The van der Waals surface area contributed by atoms with Crippen LogP contribution in [-0.4, -0.2) is 4.98 Å². The van der Waals surface area contributed by atoms with Gasteiger partial charge >= 0.3 is 0 Å². The van der Waals surface area contributed by atoms with Crippen molar-refractivity contribution in [1.29, 1.82) is 5.26 Å². The lowest BCUT2D eigenvalue weighted by molar-refractivity contribution is 1.37. The van der Waals surface area contributed by atoms with Crippen LogP contribution in [0.3, 0.4) is 0 Å². The minimum atomic E-state index is 0.340. The normalized spacial score (nSPS) is 10.1. The maximum atomic E-state index is 8.78. The van der Waals surface area contributed by atoms with E-state index >= 15 is 0 Å². The molecule has 74 valence electrons. The Kier molecular flexibility index (Phi) is 1.83. The fourth-order valence-electron chi connectivity index (χ4n) is 1.38. The van der Waals surface area contributed by atoms with Gasteiger partial charge in [0.1, 0.15) is 6.07 Å². The van der Waals surface area contributed by atoms with Crippen LogP contribution in [0.4, 0.5) is 17.1 Å². The first-order valence-corrected chi connectivity index (χ1v) is 4.26. The molecule has 0 aliphatic rings. The largest absolute Gasteiger partial charge is 0.397 e. The van der Waals surface area contributed by atoms with Gasteiger partial charge in [0, 0.05) is 11.6 Å². The molecule has 0 fully saturated rings. The van der Waals surface area contributed by atoms with Gasteiger partial charge in [0.25, 0.3) is 0 Å². The quantitative estimate of drug-likeness (QED) is 0.544. The van der Waals surface area contributed by atoms with E-state index < -0.39 is 0 Å². The van der Waals surface area contributed by atoms with Crippen molar-refractivity contribution in [2.45, 2.75) is 0 Å². The minimum Gasteiger partial charge on any atom is -0.397 e. The second kappa shape index (κ2) is 3.03. The molecule has 5 heteroatoms. The molecule has 1 heterocycles. The van der Waals surface area contributed by atoms with E-state index in [1.807, 2.05) is 6.07 Å². The number of aromatic nitrogens is 1. The van der Waals surface area contributed by atoms with Gasteiger partial charge in [0.15, 0.2) is 0 Å². The number of anilines is 3. The first-order valence-electron chi connectivity index (χ1n) is 4.26. The highest BCUT2D eigenvalue weighted by molar-refractivity contribution is 5.97. The number of hydrogen-bond donors (Lipinski definition) is 3. The summed E-state index contributed by atoms with van der Waals surface area (Å²) in [6.07, 6.45) is 1.42. The molecule has 2 rings (SSSR count). The van der Waals surface area contributed by atoms with E-state index in [1.165, 1.54) is 6.20 Å². The van der Waals surface area contributed by atoms with Gasteiger partial charge in [-0.1, -0.05) is 0 Å². The third-order valence-corrected chi connectivity index (χ3v) is 2.23. The van der Waals surface area contributed by atoms with Crippen LogP contribution in [-0.2, 0) is 0 Å². The number of benzene rings is 1. The molecule has 0 saturated carbocycles. The maximum absolute atomic E-state index is 8.78. The van der Waals surface area contributed by atoms with Crippen molar-refractivity contribution in [2.24, 2.45) is 0 Å². The molecule has 0 amide bonds. The molecule has 0 unspecified atom stereocenters. The second-order valence-electron chi connectivity index (χ2n) is 3.20. The summed E-state index contributed by atoms with van der Waals surface area (Å²) >= 11 is 0. The highest BCUT2D eigenvalue weighted by Gasteiger charge is 2.07. The van der Waals surface area contributed by atoms with Gasteiger partial charge in [-0.25, -0.2) is 0 Å². The lowest BCUT2D eigenvalue weighted by Crippen LogP contribution is -1.98. The molecule has 1 aromatic heterocycles. The molecule has 0 spiro atoms. The topological polar surface area (TPSA) is 115 Å². The fourth-order valence-corrected chi connectivity index (χ4v) is 1.38.